The molecule has 0 saturated heterocycles. The molecule has 150 valence electrons. The summed E-state index contributed by atoms with van der Waals surface area (Å²) in [7, 11) is -4.03. The standard InChI is InChI=1S/C20H24N2O5S/c1-5-27-20(24)13-22(19-12-14(2)6-7-15(19)3)28(25,26)18-10-8-17(9-11-18)21-16(4)23/h6-12H,5,13H2,1-4H3,(H,21,23). The molecule has 0 bridgehead atoms. The first-order valence-corrected chi connectivity index (χ1v) is 10.2. The zero-order chi connectivity index (χ0) is 20.9. The van der Waals surface area contributed by atoms with Gasteiger partial charge in [-0.1, -0.05) is 12.1 Å². The smallest absolute Gasteiger partial charge is 0.326 e. The van der Waals surface area contributed by atoms with Crippen molar-refractivity contribution in [2.75, 3.05) is 22.8 Å². The first-order chi connectivity index (χ1) is 13.1. The van der Waals surface area contributed by atoms with E-state index in [2.05, 4.69) is 5.32 Å². The molecule has 0 aliphatic carbocycles. The Balaban J connectivity index is 2.49. The fraction of sp³-hybridized carbons (Fsp3) is 0.300. The molecule has 0 heterocycles. The summed E-state index contributed by atoms with van der Waals surface area (Å²) in [5.41, 5.74) is 2.48. The summed E-state index contributed by atoms with van der Waals surface area (Å²) < 4.78 is 32.6. The van der Waals surface area contributed by atoms with E-state index in [1.807, 2.05) is 13.0 Å². The third-order valence-corrected chi connectivity index (χ3v) is 5.75. The average molecular weight is 404 g/mol. The Hall–Kier alpha value is -2.87. The zero-order valence-electron chi connectivity index (χ0n) is 16.4. The molecular weight excluding hydrogens is 380 g/mol. The van der Waals surface area contributed by atoms with Gasteiger partial charge in [-0.25, -0.2) is 8.42 Å². The van der Waals surface area contributed by atoms with Gasteiger partial charge in [0.1, 0.15) is 6.54 Å². The highest BCUT2D eigenvalue weighted by molar-refractivity contribution is 7.92. The van der Waals surface area contributed by atoms with E-state index in [0.717, 1.165) is 9.87 Å². The van der Waals surface area contributed by atoms with Crippen molar-refractivity contribution in [1.82, 2.24) is 0 Å². The van der Waals surface area contributed by atoms with Crippen molar-refractivity contribution in [3.05, 3.63) is 53.6 Å². The maximum absolute atomic E-state index is 13.3. The number of carbonyl (C=O) groups excluding carboxylic acids is 2. The van der Waals surface area contributed by atoms with E-state index in [1.165, 1.54) is 31.2 Å². The normalized spacial score (nSPS) is 11.0. The molecule has 7 nitrogen and oxygen atoms in total. The third kappa shape index (κ3) is 5.10. The van der Waals surface area contributed by atoms with Crippen LogP contribution in [0.25, 0.3) is 0 Å². The molecule has 0 saturated carbocycles. The summed E-state index contributed by atoms with van der Waals surface area (Å²) >= 11 is 0. The van der Waals surface area contributed by atoms with Crippen LogP contribution >= 0.6 is 0 Å². The minimum Gasteiger partial charge on any atom is -0.465 e. The molecule has 0 atom stereocenters. The number of nitrogens with zero attached hydrogens (tertiary/aromatic N) is 1. The van der Waals surface area contributed by atoms with Gasteiger partial charge in [0, 0.05) is 12.6 Å². The van der Waals surface area contributed by atoms with Gasteiger partial charge in [-0.05, 0) is 62.2 Å². The molecular formula is C20H24N2O5S. The van der Waals surface area contributed by atoms with Crippen molar-refractivity contribution in [3.63, 3.8) is 0 Å². The van der Waals surface area contributed by atoms with Gasteiger partial charge in [0.25, 0.3) is 10.0 Å². The Bertz CT molecular complexity index is 969. The summed E-state index contributed by atoms with van der Waals surface area (Å²) in [5, 5.41) is 2.59. The molecule has 1 N–H and O–H groups in total. The first-order valence-electron chi connectivity index (χ1n) is 8.78. The van der Waals surface area contributed by atoms with E-state index in [0.29, 0.717) is 16.9 Å². The minimum atomic E-state index is -4.03. The Morgan fingerprint density at radius 1 is 1.07 bits per heavy atom. The van der Waals surface area contributed by atoms with Crippen LogP contribution in [0.1, 0.15) is 25.0 Å². The van der Waals surface area contributed by atoms with Gasteiger partial charge >= 0.3 is 5.97 Å². The number of sulfonamides is 1. The van der Waals surface area contributed by atoms with E-state index >= 15 is 0 Å². The van der Waals surface area contributed by atoms with Crippen molar-refractivity contribution in [2.45, 2.75) is 32.6 Å². The average Bonchev–Trinajstić information content (AvgIpc) is 2.62. The van der Waals surface area contributed by atoms with Crippen LogP contribution in [0.15, 0.2) is 47.4 Å². The molecule has 8 heteroatoms. The van der Waals surface area contributed by atoms with Crippen LogP contribution in [0.2, 0.25) is 0 Å². The van der Waals surface area contributed by atoms with Gasteiger partial charge in [-0.3, -0.25) is 13.9 Å². The van der Waals surface area contributed by atoms with E-state index in [1.54, 1.807) is 26.0 Å². The maximum atomic E-state index is 13.3. The molecule has 0 aliphatic heterocycles. The van der Waals surface area contributed by atoms with Gasteiger partial charge in [0.05, 0.1) is 17.2 Å². The minimum absolute atomic E-state index is 0.00630. The number of nitrogens with one attached hydrogen (secondary N) is 1. The first kappa shape index (κ1) is 21.4. The molecule has 2 rings (SSSR count). The molecule has 0 aliphatic rings. The van der Waals surface area contributed by atoms with E-state index in [4.69, 9.17) is 4.74 Å². The molecule has 2 aromatic carbocycles. The number of rotatable bonds is 7. The zero-order valence-corrected chi connectivity index (χ0v) is 17.2. The fourth-order valence-corrected chi connectivity index (χ4v) is 4.12. The van der Waals surface area contributed by atoms with Crippen molar-refractivity contribution in [1.29, 1.82) is 0 Å². The number of benzene rings is 2. The third-order valence-electron chi connectivity index (χ3n) is 3.97. The predicted molar refractivity (Wildman–Crippen MR) is 108 cm³/mol. The van der Waals surface area contributed by atoms with Crippen molar-refractivity contribution >= 4 is 33.3 Å². The summed E-state index contributed by atoms with van der Waals surface area (Å²) in [6, 6.07) is 11.2. The van der Waals surface area contributed by atoms with Crippen LogP contribution in [-0.4, -0.2) is 33.4 Å². The van der Waals surface area contributed by atoms with E-state index < -0.39 is 22.5 Å². The fourth-order valence-electron chi connectivity index (χ4n) is 2.65. The second-order valence-corrected chi connectivity index (χ2v) is 8.17. The second-order valence-electron chi connectivity index (χ2n) is 6.31. The van der Waals surface area contributed by atoms with Crippen molar-refractivity contribution < 1.29 is 22.7 Å². The number of esters is 1. The molecule has 28 heavy (non-hydrogen) atoms. The van der Waals surface area contributed by atoms with Crippen LogP contribution in [0.3, 0.4) is 0 Å². The van der Waals surface area contributed by atoms with Crippen LogP contribution in [0, 0.1) is 13.8 Å². The Morgan fingerprint density at radius 3 is 2.29 bits per heavy atom. The lowest BCUT2D eigenvalue weighted by atomic mass is 10.1. The second kappa shape index (κ2) is 8.88. The van der Waals surface area contributed by atoms with Gasteiger partial charge in [0.2, 0.25) is 5.91 Å². The lowest BCUT2D eigenvalue weighted by Gasteiger charge is -2.25. The number of anilines is 2. The summed E-state index contributed by atoms with van der Waals surface area (Å²) in [6.07, 6.45) is 0. The highest BCUT2D eigenvalue weighted by atomic mass is 32.2. The number of carbonyl (C=O) groups is 2. The number of hydrogen-bond acceptors (Lipinski definition) is 5. The monoisotopic (exact) mass is 404 g/mol. The SMILES string of the molecule is CCOC(=O)CN(c1cc(C)ccc1C)S(=O)(=O)c1ccc(NC(C)=O)cc1. The molecule has 0 unspecified atom stereocenters. The highest BCUT2D eigenvalue weighted by Crippen LogP contribution is 2.28. The van der Waals surface area contributed by atoms with Crippen LogP contribution in [-0.2, 0) is 24.3 Å². The largest absolute Gasteiger partial charge is 0.465 e. The lowest BCUT2D eigenvalue weighted by molar-refractivity contribution is -0.141. The molecule has 1 amide bonds. The maximum Gasteiger partial charge on any atom is 0.326 e. The van der Waals surface area contributed by atoms with Crippen molar-refractivity contribution in [3.8, 4) is 0 Å². The number of aryl methyl sites for hydroxylation is 2. The lowest BCUT2D eigenvalue weighted by Crippen LogP contribution is -2.37. The van der Waals surface area contributed by atoms with Crippen LogP contribution in [0.4, 0.5) is 11.4 Å². The van der Waals surface area contributed by atoms with Crippen molar-refractivity contribution in [2.24, 2.45) is 0 Å². The predicted octanol–water partition coefficient (Wildman–Crippen LogP) is 3.02. The summed E-state index contributed by atoms with van der Waals surface area (Å²) in [6.45, 7) is 6.38. The van der Waals surface area contributed by atoms with E-state index in [9.17, 15) is 18.0 Å². The quantitative estimate of drug-likeness (QED) is 0.716. The van der Waals surface area contributed by atoms with E-state index in [-0.39, 0.29) is 17.4 Å². The number of amides is 1. The molecule has 0 spiro atoms. The molecule has 0 aromatic heterocycles. The summed E-state index contributed by atoms with van der Waals surface area (Å²) in [4.78, 5) is 23.3. The van der Waals surface area contributed by atoms with Gasteiger partial charge in [-0.15, -0.1) is 0 Å². The van der Waals surface area contributed by atoms with Crippen LogP contribution < -0.4 is 9.62 Å². The van der Waals surface area contributed by atoms with Gasteiger partial charge in [0.15, 0.2) is 0 Å². The molecule has 0 radical (unpaired) electrons. The molecule has 0 fully saturated rings. The Labute approximate surface area is 165 Å². The number of hydrogen-bond donors (Lipinski definition) is 1. The summed E-state index contributed by atoms with van der Waals surface area (Å²) in [5.74, 6) is -0.892. The number of ether oxygens (including phenoxy) is 1. The molecule has 2 aromatic rings. The van der Waals surface area contributed by atoms with Gasteiger partial charge in [-0.2, -0.15) is 0 Å². The Morgan fingerprint density at radius 2 is 1.71 bits per heavy atom. The Kier molecular flexibility index (Phi) is 6.80. The van der Waals surface area contributed by atoms with Crippen LogP contribution in [0.5, 0.6) is 0 Å². The van der Waals surface area contributed by atoms with Gasteiger partial charge < -0.3 is 10.1 Å². The highest BCUT2D eigenvalue weighted by Gasteiger charge is 2.29. The topological polar surface area (TPSA) is 92.8 Å².